The second-order valence-corrected chi connectivity index (χ2v) is 7.94. The third-order valence-electron chi connectivity index (χ3n) is 2.70. The number of carbonyl (C=O) groups excluding carboxylic acids is 1. The predicted molar refractivity (Wildman–Crippen MR) is 90.4 cm³/mol. The Hall–Kier alpha value is -2.13. The van der Waals surface area contributed by atoms with Gasteiger partial charge in [-0.25, -0.2) is 17.9 Å². The summed E-state index contributed by atoms with van der Waals surface area (Å²) in [5, 5.41) is 13.5. The SMILES string of the molecule is CC(C)(C)NS(=O)(=O)c1cccc(NC(=O)NCCCC(=O)O)c1. The van der Waals surface area contributed by atoms with E-state index in [9.17, 15) is 18.0 Å². The number of hydrogen-bond donors (Lipinski definition) is 4. The fourth-order valence-corrected chi connectivity index (χ4v) is 3.28. The largest absolute Gasteiger partial charge is 0.481 e. The van der Waals surface area contributed by atoms with E-state index in [0.29, 0.717) is 12.1 Å². The molecule has 0 aliphatic heterocycles. The molecule has 1 aromatic rings. The van der Waals surface area contributed by atoms with Crippen molar-refractivity contribution in [3.8, 4) is 0 Å². The molecule has 0 spiro atoms. The smallest absolute Gasteiger partial charge is 0.319 e. The Labute approximate surface area is 141 Å². The van der Waals surface area contributed by atoms with Crippen LogP contribution in [0.25, 0.3) is 0 Å². The van der Waals surface area contributed by atoms with Gasteiger partial charge in [0.2, 0.25) is 10.0 Å². The van der Waals surface area contributed by atoms with E-state index >= 15 is 0 Å². The van der Waals surface area contributed by atoms with Crippen molar-refractivity contribution >= 4 is 27.7 Å². The van der Waals surface area contributed by atoms with Crippen molar-refractivity contribution in [2.24, 2.45) is 0 Å². The van der Waals surface area contributed by atoms with Crippen LogP contribution in [0.2, 0.25) is 0 Å². The molecule has 9 heteroatoms. The Bertz CT molecular complexity index is 695. The van der Waals surface area contributed by atoms with Crippen molar-refractivity contribution in [3.05, 3.63) is 24.3 Å². The summed E-state index contributed by atoms with van der Waals surface area (Å²) in [6, 6.07) is 5.35. The molecule has 0 aliphatic rings. The average Bonchev–Trinajstić information content (AvgIpc) is 2.41. The fraction of sp³-hybridized carbons (Fsp3) is 0.467. The van der Waals surface area contributed by atoms with E-state index < -0.39 is 27.6 Å². The van der Waals surface area contributed by atoms with Crippen LogP contribution in [0.4, 0.5) is 10.5 Å². The molecule has 0 atom stereocenters. The highest BCUT2D eigenvalue weighted by Crippen LogP contribution is 2.17. The van der Waals surface area contributed by atoms with E-state index in [0.717, 1.165) is 0 Å². The first-order valence-corrected chi connectivity index (χ1v) is 8.89. The second kappa shape index (κ2) is 8.11. The van der Waals surface area contributed by atoms with E-state index in [2.05, 4.69) is 15.4 Å². The van der Waals surface area contributed by atoms with Crippen LogP contribution in [0.3, 0.4) is 0 Å². The van der Waals surface area contributed by atoms with Crippen LogP contribution in [-0.4, -0.2) is 37.6 Å². The zero-order chi connectivity index (χ0) is 18.4. The van der Waals surface area contributed by atoms with Gasteiger partial charge in [-0.2, -0.15) is 0 Å². The summed E-state index contributed by atoms with van der Waals surface area (Å²) in [5.41, 5.74) is -0.299. The fourth-order valence-electron chi connectivity index (χ4n) is 1.82. The minimum absolute atomic E-state index is 0.0352. The zero-order valence-electron chi connectivity index (χ0n) is 13.9. The van der Waals surface area contributed by atoms with Gasteiger partial charge in [0.15, 0.2) is 0 Å². The van der Waals surface area contributed by atoms with Crippen molar-refractivity contribution in [3.63, 3.8) is 0 Å². The van der Waals surface area contributed by atoms with Crippen molar-refractivity contribution in [2.45, 2.75) is 44.0 Å². The number of benzene rings is 1. The third-order valence-corrected chi connectivity index (χ3v) is 4.45. The highest BCUT2D eigenvalue weighted by atomic mass is 32.2. The second-order valence-electron chi connectivity index (χ2n) is 6.26. The van der Waals surface area contributed by atoms with Crippen molar-refractivity contribution in [2.75, 3.05) is 11.9 Å². The van der Waals surface area contributed by atoms with E-state index in [1.54, 1.807) is 26.8 Å². The molecule has 0 saturated heterocycles. The van der Waals surface area contributed by atoms with Gasteiger partial charge >= 0.3 is 12.0 Å². The van der Waals surface area contributed by atoms with E-state index in [4.69, 9.17) is 5.11 Å². The minimum atomic E-state index is -3.69. The quantitative estimate of drug-likeness (QED) is 0.553. The maximum Gasteiger partial charge on any atom is 0.319 e. The van der Waals surface area contributed by atoms with Crippen molar-refractivity contribution in [1.29, 1.82) is 0 Å². The summed E-state index contributed by atoms with van der Waals surface area (Å²) in [5.74, 6) is -0.929. The Morgan fingerprint density at radius 3 is 2.46 bits per heavy atom. The van der Waals surface area contributed by atoms with Crippen molar-refractivity contribution in [1.82, 2.24) is 10.0 Å². The number of carboxylic acids is 1. The summed E-state index contributed by atoms with van der Waals surface area (Å²) >= 11 is 0. The van der Waals surface area contributed by atoms with Crippen molar-refractivity contribution < 1.29 is 23.1 Å². The Balaban J connectivity index is 2.68. The van der Waals surface area contributed by atoms with Crippen LogP contribution in [0.15, 0.2) is 29.2 Å². The summed E-state index contributed by atoms with van der Waals surface area (Å²) < 4.78 is 27.1. The summed E-state index contributed by atoms with van der Waals surface area (Å²) in [6.45, 7) is 5.41. The van der Waals surface area contributed by atoms with Gasteiger partial charge in [0.1, 0.15) is 0 Å². The number of sulfonamides is 1. The molecule has 0 aromatic heterocycles. The molecular formula is C15H23N3O5S. The molecule has 0 aliphatic carbocycles. The van der Waals surface area contributed by atoms with Gasteiger partial charge in [-0.3, -0.25) is 4.79 Å². The lowest BCUT2D eigenvalue weighted by Gasteiger charge is -2.20. The number of carboxylic acid groups (broad SMARTS) is 1. The lowest BCUT2D eigenvalue weighted by Crippen LogP contribution is -2.40. The standard InChI is InChI=1S/C15H23N3O5S/c1-15(2,3)18-24(22,23)12-7-4-6-11(10-12)17-14(21)16-9-5-8-13(19)20/h4,6-7,10,18H,5,8-9H2,1-3H3,(H,19,20)(H2,16,17,21). The number of rotatable bonds is 7. The van der Waals surface area contributed by atoms with E-state index in [1.165, 1.54) is 18.2 Å². The number of aliphatic carboxylic acids is 1. The molecule has 0 unspecified atom stereocenters. The molecular weight excluding hydrogens is 334 g/mol. The first-order chi connectivity index (χ1) is 11.0. The zero-order valence-corrected chi connectivity index (χ0v) is 14.7. The minimum Gasteiger partial charge on any atom is -0.481 e. The number of nitrogens with one attached hydrogen (secondary N) is 3. The lowest BCUT2D eigenvalue weighted by molar-refractivity contribution is -0.137. The summed E-state index contributed by atoms with van der Waals surface area (Å²) in [7, 11) is -3.69. The van der Waals surface area contributed by atoms with Crippen LogP contribution in [0, 0.1) is 0 Å². The van der Waals surface area contributed by atoms with Gasteiger partial charge in [0, 0.05) is 24.2 Å². The highest BCUT2D eigenvalue weighted by molar-refractivity contribution is 7.89. The molecule has 0 bridgehead atoms. The van der Waals surface area contributed by atoms with Gasteiger partial charge in [-0.15, -0.1) is 0 Å². The summed E-state index contributed by atoms with van der Waals surface area (Å²) in [4.78, 5) is 22.1. The molecule has 24 heavy (non-hydrogen) atoms. The molecule has 0 fully saturated rings. The maximum atomic E-state index is 12.3. The van der Waals surface area contributed by atoms with Crippen LogP contribution < -0.4 is 15.4 Å². The molecule has 1 rings (SSSR count). The molecule has 134 valence electrons. The molecule has 0 heterocycles. The van der Waals surface area contributed by atoms with Gasteiger partial charge in [0.25, 0.3) is 0 Å². The van der Waals surface area contributed by atoms with Gasteiger partial charge in [-0.05, 0) is 45.4 Å². The monoisotopic (exact) mass is 357 g/mol. The number of anilines is 1. The molecule has 1 aromatic carbocycles. The number of hydrogen-bond acceptors (Lipinski definition) is 4. The lowest BCUT2D eigenvalue weighted by atomic mass is 10.1. The first kappa shape index (κ1) is 19.9. The van der Waals surface area contributed by atoms with Crippen LogP contribution >= 0.6 is 0 Å². The molecule has 0 saturated carbocycles. The Kier molecular flexibility index (Phi) is 6.73. The first-order valence-electron chi connectivity index (χ1n) is 7.40. The van der Waals surface area contributed by atoms with Crippen LogP contribution in [-0.2, 0) is 14.8 Å². The van der Waals surface area contributed by atoms with Crippen LogP contribution in [0.1, 0.15) is 33.6 Å². The topological polar surface area (TPSA) is 125 Å². The number of carbonyl (C=O) groups is 2. The van der Waals surface area contributed by atoms with Gasteiger partial charge in [0.05, 0.1) is 4.90 Å². The Morgan fingerprint density at radius 1 is 1.21 bits per heavy atom. The average molecular weight is 357 g/mol. The van der Waals surface area contributed by atoms with E-state index in [-0.39, 0.29) is 17.9 Å². The molecule has 8 nitrogen and oxygen atoms in total. The van der Waals surface area contributed by atoms with Crippen LogP contribution in [0.5, 0.6) is 0 Å². The highest BCUT2D eigenvalue weighted by Gasteiger charge is 2.22. The maximum absolute atomic E-state index is 12.3. The summed E-state index contributed by atoms with van der Waals surface area (Å²) in [6.07, 6.45) is 0.277. The van der Waals surface area contributed by atoms with Gasteiger partial charge < -0.3 is 15.7 Å². The molecule has 0 radical (unpaired) electrons. The third kappa shape index (κ3) is 7.42. The normalized spacial score (nSPS) is 11.8. The van der Waals surface area contributed by atoms with E-state index in [1.807, 2.05) is 0 Å². The predicted octanol–water partition coefficient (Wildman–Crippen LogP) is 1.75. The number of urea groups is 1. The number of amides is 2. The Morgan fingerprint density at radius 2 is 1.88 bits per heavy atom. The van der Waals surface area contributed by atoms with Gasteiger partial charge in [-0.1, -0.05) is 6.07 Å². The molecule has 4 N–H and O–H groups in total. The molecule has 2 amide bonds.